The van der Waals surface area contributed by atoms with Crippen molar-refractivity contribution in [1.82, 2.24) is 5.32 Å². The molecule has 222 valence electrons. The van der Waals surface area contributed by atoms with Crippen LogP contribution in [0.5, 0.6) is 5.75 Å². The van der Waals surface area contributed by atoms with Crippen molar-refractivity contribution in [2.45, 2.75) is 64.7 Å². The molecule has 3 rings (SSSR count). The number of anilines is 2. The Kier molecular flexibility index (Phi) is 12.5. The maximum absolute atomic E-state index is 13.2. The highest BCUT2D eigenvalue weighted by atomic mass is 32.2. The van der Waals surface area contributed by atoms with Crippen LogP contribution < -0.4 is 20.1 Å². The molecule has 0 heterocycles. The molecule has 0 unspecified atom stereocenters. The van der Waals surface area contributed by atoms with Gasteiger partial charge in [-0.05, 0) is 71.0 Å². The zero-order valence-electron chi connectivity index (χ0n) is 25.6. The molecule has 0 saturated carbocycles. The maximum Gasteiger partial charge on any atom is 0.261 e. The van der Waals surface area contributed by atoms with Gasteiger partial charge >= 0.3 is 0 Å². The summed E-state index contributed by atoms with van der Waals surface area (Å²) >= 11 is 0. The number of benzene rings is 3. The van der Waals surface area contributed by atoms with Crippen LogP contribution in [-0.2, 0) is 20.2 Å². The Labute approximate surface area is 246 Å². The van der Waals surface area contributed by atoms with Crippen LogP contribution in [-0.4, -0.2) is 35.0 Å². The number of carbonyl (C=O) groups is 1. The van der Waals surface area contributed by atoms with E-state index in [0.717, 1.165) is 23.2 Å². The van der Waals surface area contributed by atoms with E-state index in [1.165, 1.54) is 12.5 Å². The lowest BCUT2D eigenvalue weighted by Gasteiger charge is -2.19. The van der Waals surface area contributed by atoms with Gasteiger partial charge in [0.25, 0.3) is 10.0 Å². The number of nitrogens with one attached hydrogen (secondary N) is 3. The lowest BCUT2D eigenvalue weighted by Crippen LogP contribution is -2.22. The van der Waals surface area contributed by atoms with E-state index in [9.17, 15) is 13.2 Å². The highest BCUT2D eigenvalue weighted by molar-refractivity contribution is 7.92. The average Bonchev–Trinajstić information content (AvgIpc) is 2.94. The normalized spacial score (nSPS) is 11.7. The van der Waals surface area contributed by atoms with Gasteiger partial charge in [0, 0.05) is 36.6 Å². The number of methoxy groups -OCH3 is 1. The predicted molar refractivity (Wildman–Crippen MR) is 171 cm³/mol. The third-order valence-electron chi connectivity index (χ3n) is 6.09. The molecule has 0 aliphatic rings. The van der Waals surface area contributed by atoms with Crippen LogP contribution in [0.1, 0.15) is 71.1 Å². The second kappa shape index (κ2) is 15.3. The van der Waals surface area contributed by atoms with Gasteiger partial charge in [0.15, 0.2) is 0 Å². The SMILES string of the molecule is CCC.CCCNC(=O)/C=C(\c1ccc(OC)cc1)c1cc(NS(=O)(=O)c2ccc(C(C)(C)C)cc2)ccc1NC. The zero-order chi connectivity index (χ0) is 30.6. The minimum absolute atomic E-state index is 0.0821. The summed E-state index contributed by atoms with van der Waals surface area (Å²) in [4.78, 5) is 12.9. The Balaban J connectivity index is 0.00000187. The molecule has 3 N–H and O–H groups in total. The summed E-state index contributed by atoms with van der Waals surface area (Å²) in [5.74, 6) is 0.459. The van der Waals surface area contributed by atoms with E-state index >= 15 is 0 Å². The molecule has 7 nitrogen and oxygen atoms in total. The van der Waals surface area contributed by atoms with Crippen molar-refractivity contribution < 1.29 is 17.9 Å². The van der Waals surface area contributed by atoms with Crippen molar-refractivity contribution >= 4 is 32.9 Å². The van der Waals surface area contributed by atoms with E-state index in [2.05, 4.69) is 50.0 Å². The van der Waals surface area contributed by atoms with Crippen LogP contribution in [0.25, 0.3) is 5.57 Å². The molecule has 0 atom stereocenters. The number of hydrogen-bond acceptors (Lipinski definition) is 5. The van der Waals surface area contributed by atoms with Crippen LogP contribution in [0.3, 0.4) is 0 Å². The Morgan fingerprint density at radius 1 is 0.927 bits per heavy atom. The molecule has 3 aromatic carbocycles. The fourth-order valence-electron chi connectivity index (χ4n) is 3.91. The van der Waals surface area contributed by atoms with Gasteiger partial charge in [-0.2, -0.15) is 0 Å². The predicted octanol–water partition coefficient (Wildman–Crippen LogP) is 7.21. The van der Waals surface area contributed by atoms with E-state index in [4.69, 9.17) is 4.74 Å². The summed E-state index contributed by atoms with van der Waals surface area (Å²) in [5, 5.41) is 6.03. The highest BCUT2D eigenvalue weighted by Gasteiger charge is 2.19. The van der Waals surface area contributed by atoms with E-state index in [0.29, 0.717) is 29.1 Å². The first kappa shape index (κ1) is 33.4. The number of carbonyl (C=O) groups excluding carboxylic acids is 1. The first-order valence-electron chi connectivity index (χ1n) is 14.0. The molecular formula is C33H45N3O4S. The van der Waals surface area contributed by atoms with Gasteiger partial charge in [-0.1, -0.05) is 72.2 Å². The van der Waals surface area contributed by atoms with Crippen molar-refractivity contribution in [3.63, 3.8) is 0 Å². The summed E-state index contributed by atoms with van der Waals surface area (Å²) in [6.45, 7) is 13.0. The molecule has 41 heavy (non-hydrogen) atoms. The van der Waals surface area contributed by atoms with Gasteiger partial charge < -0.3 is 15.4 Å². The van der Waals surface area contributed by atoms with E-state index in [-0.39, 0.29) is 16.2 Å². The van der Waals surface area contributed by atoms with Crippen LogP contribution in [0.2, 0.25) is 0 Å². The van der Waals surface area contributed by atoms with Crippen molar-refractivity contribution in [2.75, 3.05) is 30.7 Å². The van der Waals surface area contributed by atoms with Gasteiger partial charge in [0.2, 0.25) is 5.91 Å². The lowest BCUT2D eigenvalue weighted by molar-refractivity contribution is -0.116. The first-order valence-corrected chi connectivity index (χ1v) is 15.5. The number of rotatable bonds is 10. The van der Waals surface area contributed by atoms with Crippen LogP contribution in [0.4, 0.5) is 11.4 Å². The minimum Gasteiger partial charge on any atom is -0.497 e. The monoisotopic (exact) mass is 579 g/mol. The molecule has 0 fully saturated rings. The first-order chi connectivity index (χ1) is 19.4. The molecule has 0 radical (unpaired) electrons. The quantitative estimate of drug-likeness (QED) is 0.221. The number of amides is 1. The van der Waals surface area contributed by atoms with E-state index in [1.807, 2.05) is 43.3 Å². The number of sulfonamides is 1. The molecule has 0 bridgehead atoms. The summed E-state index contributed by atoms with van der Waals surface area (Å²) in [6, 6.07) is 19.5. The second-order valence-corrected chi connectivity index (χ2v) is 12.4. The van der Waals surface area contributed by atoms with Gasteiger partial charge in [-0.15, -0.1) is 0 Å². The Hall–Kier alpha value is -3.78. The van der Waals surface area contributed by atoms with Gasteiger partial charge in [-0.25, -0.2) is 8.42 Å². The van der Waals surface area contributed by atoms with Crippen molar-refractivity contribution in [3.05, 3.63) is 89.5 Å². The van der Waals surface area contributed by atoms with E-state index in [1.54, 1.807) is 44.5 Å². The summed E-state index contributed by atoms with van der Waals surface area (Å²) in [6.07, 6.45) is 3.60. The van der Waals surface area contributed by atoms with Crippen molar-refractivity contribution in [2.24, 2.45) is 0 Å². The second-order valence-electron chi connectivity index (χ2n) is 10.7. The molecule has 0 aliphatic carbocycles. The molecular weight excluding hydrogens is 534 g/mol. The average molecular weight is 580 g/mol. The lowest BCUT2D eigenvalue weighted by atomic mass is 9.87. The van der Waals surface area contributed by atoms with Crippen LogP contribution in [0.15, 0.2) is 77.7 Å². The van der Waals surface area contributed by atoms with E-state index < -0.39 is 10.0 Å². The van der Waals surface area contributed by atoms with Crippen molar-refractivity contribution in [1.29, 1.82) is 0 Å². The highest BCUT2D eigenvalue weighted by Crippen LogP contribution is 2.33. The third-order valence-corrected chi connectivity index (χ3v) is 7.48. The standard InChI is InChI=1S/C30H37N3O4S.C3H8/c1-7-18-32-29(34)20-26(21-8-13-24(37-6)14-9-21)27-19-23(12-17-28(27)31-5)33-38(35,36)25-15-10-22(11-16-25)30(2,3)4;1-3-2/h8-17,19-20,31,33H,7,18H2,1-6H3,(H,32,34);3H2,1-2H3/b26-20+;. The van der Waals surface area contributed by atoms with Gasteiger partial charge in [0.05, 0.1) is 12.0 Å². The molecule has 0 saturated heterocycles. The fourth-order valence-corrected chi connectivity index (χ4v) is 4.96. The molecule has 0 spiro atoms. The maximum atomic E-state index is 13.2. The Morgan fingerprint density at radius 2 is 1.54 bits per heavy atom. The van der Waals surface area contributed by atoms with Gasteiger partial charge in [-0.3, -0.25) is 9.52 Å². The fraction of sp³-hybridized carbons (Fsp3) is 0.364. The molecule has 1 amide bonds. The molecule has 0 aliphatic heterocycles. The summed E-state index contributed by atoms with van der Waals surface area (Å²) in [5.41, 5.74) is 4.19. The van der Waals surface area contributed by atoms with Crippen LogP contribution in [0, 0.1) is 0 Å². The largest absolute Gasteiger partial charge is 0.497 e. The zero-order valence-corrected chi connectivity index (χ0v) is 26.4. The van der Waals surface area contributed by atoms with Crippen molar-refractivity contribution in [3.8, 4) is 5.75 Å². The summed E-state index contributed by atoms with van der Waals surface area (Å²) < 4.78 is 34.4. The minimum atomic E-state index is -3.83. The smallest absolute Gasteiger partial charge is 0.261 e. The topological polar surface area (TPSA) is 96.5 Å². The van der Waals surface area contributed by atoms with Crippen LogP contribution >= 0.6 is 0 Å². The third kappa shape index (κ3) is 9.67. The summed E-state index contributed by atoms with van der Waals surface area (Å²) in [7, 11) is -0.459. The molecule has 3 aromatic rings. The number of ether oxygens (including phenoxy) is 1. The van der Waals surface area contributed by atoms with Gasteiger partial charge in [0.1, 0.15) is 5.75 Å². The Morgan fingerprint density at radius 3 is 2.05 bits per heavy atom. The Bertz CT molecular complexity index is 1410. The number of hydrogen-bond donors (Lipinski definition) is 3. The molecule has 0 aromatic heterocycles. The molecule has 8 heteroatoms.